The third kappa shape index (κ3) is 3.91. The quantitative estimate of drug-likeness (QED) is 0.858. The zero-order valence-corrected chi connectivity index (χ0v) is 12.3. The van der Waals surface area contributed by atoms with Gasteiger partial charge in [-0.3, -0.25) is 4.79 Å². The van der Waals surface area contributed by atoms with Crippen LogP contribution < -0.4 is 5.32 Å². The molecule has 0 saturated carbocycles. The lowest BCUT2D eigenvalue weighted by atomic mass is 10.1. The van der Waals surface area contributed by atoms with Crippen LogP contribution in [0.15, 0.2) is 28.4 Å². The van der Waals surface area contributed by atoms with Gasteiger partial charge in [0.2, 0.25) is 0 Å². The minimum atomic E-state index is -0.522. The van der Waals surface area contributed by atoms with E-state index >= 15 is 0 Å². The Morgan fingerprint density at radius 3 is 3.00 bits per heavy atom. The van der Waals surface area contributed by atoms with E-state index in [2.05, 4.69) is 10.3 Å². The van der Waals surface area contributed by atoms with Crippen LogP contribution in [0.2, 0.25) is 0 Å². The van der Waals surface area contributed by atoms with E-state index in [-0.39, 0.29) is 12.5 Å². The molecule has 0 radical (unpaired) electrons. The van der Waals surface area contributed by atoms with E-state index in [0.717, 1.165) is 10.6 Å². The van der Waals surface area contributed by atoms with Crippen LogP contribution in [0.1, 0.15) is 30.8 Å². The lowest BCUT2D eigenvalue weighted by Crippen LogP contribution is -2.32. The van der Waals surface area contributed by atoms with Crippen molar-refractivity contribution in [3.8, 4) is 10.6 Å². The van der Waals surface area contributed by atoms with E-state index in [0.29, 0.717) is 18.0 Å². The number of aliphatic hydroxyl groups excluding tert-OH is 1. The normalized spacial score (nSPS) is 12.6. The molecule has 0 aromatic carbocycles. The zero-order valence-electron chi connectivity index (χ0n) is 11.5. The Morgan fingerprint density at radius 1 is 1.55 bits per heavy atom. The van der Waals surface area contributed by atoms with Crippen molar-refractivity contribution in [1.29, 1.82) is 0 Å². The lowest BCUT2D eigenvalue weighted by Gasteiger charge is -2.13. The first-order valence-electron chi connectivity index (χ1n) is 6.50. The van der Waals surface area contributed by atoms with E-state index in [4.69, 9.17) is 4.42 Å². The maximum atomic E-state index is 11.9. The van der Waals surface area contributed by atoms with Gasteiger partial charge in [0, 0.05) is 17.5 Å². The highest BCUT2D eigenvalue weighted by molar-refractivity contribution is 7.13. The summed E-state index contributed by atoms with van der Waals surface area (Å²) in [5.41, 5.74) is 1.22. The lowest BCUT2D eigenvalue weighted by molar-refractivity contribution is 0.0896. The van der Waals surface area contributed by atoms with Crippen LogP contribution in [0.25, 0.3) is 10.6 Å². The number of nitrogens with zero attached hydrogens (tertiary/aromatic N) is 1. The highest BCUT2D eigenvalue weighted by Crippen LogP contribution is 2.23. The van der Waals surface area contributed by atoms with Gasteiger partial charge in [-0.1, -0.05) is 13.8 Å². The van der Waals surface area contributed by atoms with Gasteiger partial charge in [-0.2, -0.15) is 0 Å². The number of aromatic nitrogens is 1. The zero-order chi connectivity index (χ0) is 14.5. The summed E-state index contributed by atoms with van der Waals surface area (Å²) in [5.74, 6) is 0.132. The first kappa shape index (κ1) is 14.7. The van der Waals surface area contributed by atoms with Crippen LogP contribution in [0, 0.1) is 5.92 Å². The second kappa shape index (κ2) is 6.67. The molecule has 1 atom stereocenters. The van der Waals surface area contributed by atoms with Crippen molar-refractivity contribution >= 4 is 17.2 Å². The van der Waals surface area contributed by atoms with Gasteiger partial charge < -0.3 is 14.8 Å². The third-order valence-electron chi connectivity index (χ3n) is 2.75. The summed E-state index contributed by atoms with van der Waals surface area (Å²) in [4.78, 5) is 16.2. The average Bonchev–Trinajstić information content (AvgIpc) is 3.04. The van der Waals surface area contributed by atoms with Crippen molar-refractivity contribution < 1.29 is 14.3 Å². The minimum absolute atomic E-state index is 0.246. The van der Waals surface area contributed by atoms with Crippen LogP contribution >= 0.6 is 11.3 Å². The molecule has 5 nitrogen and oxygen atoms in total. The highest BCUT2D eigenvalue weighted by Gasteiger charge is 2.14. The SMILES string of the molecule is CC(C)CC(O)CNC(=O)c1csc(-c2ccoc2)n1. The van der Waals surface area contributed by atoms with Crippen LogP contribution in [0.5, 0.6) is 0 Å². The molecule has 6 heteroatoms. The molecule has 1 unspecified atom stereocenters. The number of carbonyl (C=O) groups is 1. The number of thiazole rings is 1. The fourth-order valence-corrected chi connectivity index (χ4v) is 2.61. The van der Waals surface area contributed by atoms with E-state index in [9.17, 15) is 9.90 Å². The fourth-order valence-electron chi connectivity index (χ4n) is 1.83. The second-order valence-corrected chi connectivity index (χ2v) is 5.90. The molecule has 2 N–H and O–H groups in total. The monoisotopic (exact) mass is 294 g/mol. The molecule has 2 heterocycles. The summed E-state index contributed by atoms with van der Waals surface area (Å²) in [7, 11) is 0. The topological polar surface area (TPSA) is 75.4 Å². The predicted molar refractivity (Wildman–Crippen MR) is 77.6 cm³/mol. The first-order valence-corrected chi connectivity index (χ1v) is 7.38. The minimum Gasteiger partial charge on any atom is -0.472 e. The molecule has 0 aliphatic heterocycles. The van der Waals surface area contributed by atoms with Gasteiger partial charge in [-0.15, -0.1) is 11.3 Å². The van der Waals surface area contributed by atoms with Gasteiger partial charge in [-0.05, 0) is 18.4 Å². The molecule has 2 rings (SSSR count). The van der Waals surface area contributed by atoms with Gasteiger partial charge in [0.15, 0.2) is 0 Å². The summed E-state index contributed by atoms with van der Waals surface area (Å²) in [6.45, 7) is 4.31. The molecule has 0 saturated heterocycles. The number of hydrogen-bond donors (Lipinski definition) is 2. The maximum absolute atomic E-state index is 11.9. The fraction of sp³-hybridized carbons (Fsp3) is 0.429. The number of aliphatic hydroxyl groups is 1. The number of nitrogens with one attached hydrogen (secondary N) is 1. The summed E-state index contributed by atoms with van der Waals surface area (Å²) in [6, 6.07) is 1.80. The number of furan rings is 1. The van der Waals surface area contributed by atoms with Crippen molar-refractivity contribution in [1.82, 2.24) is 10.3 Å². The molecular formula is C14H18N2O3S. The maximum Gasteiger partial charge on any atom is 0.270 e. The van der Waals surface area contributed by atoms with Crippen molar-refractivity contribution in [3.63, 3.8) is 0 Å². The van der Waals surface area contributed by atoms with E-state index < -0.39 is 6.10 Å². The molecule has 0 aliphatic rings. The van der Waals surface area contributed by atoms with Crippen LogP contribution in [0.3, 0.4) is 0 Å². The van der Waals surface area contributed by atoms with Crippen LogP contribution in [0.4, 0.5) is 0 Å². The molecular weight excluding hydrogens is 276 g/mol. The molecule has 20 heavy (non-hydrogen) atoms. The number of rotatable bonds is 6. The van der Waals surface area contributed by atoms with Gasteiger partial charge >= 0.3 is 0 Å². The van der Waals surface area contributed by atoms with Gasteiger partial charge in [0.25, 0.3) is 5.91 Å². The van der Waals surface area contributed by atoms with Crippen molar-refractivity contribution in [2.75, 3.05) is 6.54 Å². The largest absolute Gasteiger partial charge is 0.472 e. The second-order valence-electron chi connectivity index (χ2n) is 5.04. The summed E-state index contributed by atoms with van der Waals surface area (Å²) >= 11 is 1.39. The summed E-state index contributed by atoms with van der Waals surface area (Å²) < 4.78 is 4.99. The molecule has 2 aromatic rings. The molecule has 0 fully saturated rings. The number of hydrogen-bond acceptors (Lipinski definition) is 5. The van der Waals surface area contributed by atoms with Crippen LogP contribution in [-0.2, 0) is 0 Å². The molecule has 108 valence electrons. The summed E-state index contributed by atoms with van der Waals surface area (Å²) in [6.07, 6.45) is 3.30. The highest BCUT2D eigenvalue weighted by atomic mass is 32.1. The number of carbonyl (C=O) groups excluding carboxylic acids is 1. The predicted octanol–water partition coefficient (Wildman–Crippen LogP) is 2.54. The van der Waals surface area contributed by atoms with Crippen molar-refractivity contribution in [3.05, 3.63) is 29.7 Å². The molecule has 2 aromatic heterocycles. The summed E-state index contributed by atoms with van der Waals surface area (Å²) in [5, 5.41) is 14.9. The number of amides is 1. The van der Waals surface area contributed by atoms with Crippen LogP contribution in [-0.4, -0.2) is 28.6 Å². The van der Waals surface area contributed by atoms with Crippen molar-refractivity contribution in [2.45, 2.75) is 26.4 Å². The Labute approximate surface area is 121 Å². The smallest absolute Gasteiger partial charge is 0.270 e. The Hall–Kier alpha value is -1.66. The Morgan fingerprint density at radius 2 is 2.35 bits per heavy atom. The first-order chi connectivity index (χ1) is 9.56. The average molecular weight is 294 g/mol. The molecule has 0 bridgehead atoms. The van der Waals surface area contributed by atoms with E-state index in [1.54, 1.807) is 24.0 Å². The Balaban J connectivity index is 1.90. The molecule has 1 amide bonds. The third-order valence-corrected chi connectivity index (χ3v) is 3.64. The van der Waals surface area contributed by atoms with Crippen molar-refractivity contribution in [2.24, 2.45) is 5.92 Å². The van der Waals surface area contributed by atoms with Gasteiger partial charge in [0.1, 0.15) is 17.0 Å². The molecule has 0 spiro atoms. The Bertz CT molecular complexity index is 549. The standard InChI is InChI=1S/C14H18N2O3S/c1-9(2)5-11(17)6-15-13(18)12-8-20-14(16-12)10-3-4-19-7-10/h3-4,7-9,11,17H,5-6H2,1-2H3,(H,15,18). The van der Waals surface area contributed by atoms with Gasteiger partial charge in [-0.25, -0.2) is 4.98 Å². The molecule has 0 aliphatic carbocycles. The Kier molecular flexibility index (Phi) is 4.92. The van der Waals surface area contributed by atoms with Gasteiger partial charge in [0.05, 0.1) is 12.4 Å². The van der Waals surface area contributed by atoms with E-state index in [1.807, 2.05) is 13.8 Å². The van der Waals surface area contributed by atoms with E-state index in [1.165, 1.54) is 11.3 Å².